The van der Waals surface area contributed by atoms with Crippen molar-refractivity contribution in [1.29, 1.82) is 0 Å². The number of halogens is 1. The summed E-state index contributed by atoms with van der Waals surface area (Å²) in [5.74, 6) is -1.15. The first kappa shape index (κ1) is 14.1. The summed E-state index contributed by atoms with van der Waals surface area (Å²) in [4.78, 5) is 24.5. The Balaban J connectivity index is 1.84. The Hall–Kier alpha value is -1.36. The van der Waals surface area contributed by atoms with Crippen LogP contribution >= 0.6 is 15.9 Å². The van der Waals surface area contributed by atoms with Gasteiger partial charge in [-0.05, 0) is 30.5 Å². The Morgan fingerprint density at radius 2 is 2.21 bits per heavy atom. The fourth-order valence-corrected chi connectivity index (χ4v) is 2.74. The van der Waals surface area contributed by atoms with E-state index in [1.54, 1.807) is 4.90 Å². The summed E-state index contributed by atoms with van der Waals surface area (Å²) >= 11 is 3.40. The smallest absolute Gasteiger partial charge is 0.308 e. The van der Waals surface area contributed by atoms with E-state index in [4.69, 9.17) is 5.11 Å². The van der Waals surface area contributed by atoms with Crippen molar-refractivity contribution in [2.75, 3.05) is 13.1 Å². The average molecular weight is 326 g/mol. The molecule has 1 heterocycles. The van der Waals surface area contributed by atoms with Gasteiger partial charge in [0, 0.05) is 24.0 Å². The molecule has 1 aliphatic rings. The lowest BCUT2D eigenvalue weighted by molar-refractivity contribution is -0.141. The van der Waals surface area contributed by atoms with Crippen molar-refractivity contribution < 1.29 is 14.7 Å². The van der Waals surface area contributed by atoms with Crippen molar-refractivity contribution in [3.8, 4) is 0 Å². The Kier molecular flexibility index (Phi) is 4.58. The number of carboxylic acids is 1. The first-order valence-electron chi connectivity index (χ1n) is 6.31. The number of rotatable bonds is 4. The number of benzene rings is 1. The van der Waals surface area contributed by atoms with E-state index in [1.165, 1.54) is 0 Å². The van der Waals surface area contributed by atoms with Crippen LogP contribution in [0.4, 0.5) is 0 Å². The Labute approximate surface area is 120 Å². The van der Waals surface area contributed by atoms with Crippen LogP contribution in [0, 0.1) is 5.92 Å². The van der Waals surface area contributed by atoms with Gasteiger partial charge in [-0.15, -0.1) is 0 Å². The van der Waals surface area contributed by atoms with Gasteiger partial charge < -0.3 is 10.0 Å². The molecule has 1 unspecified atom stereocenters. The van der Waals surface area contributed by atoms with Gasteiger partial charge in [-0.3, -0.25) is 9.59 Å². The number of amides is 1. The predicted molar refractivity (Wildman–Crippen MR) is 74.8 cm³/mol. The standard InChI is InChI=1S/C14H16BrNO3/c15-12-3-1-2-10(8-12)4-5-13(17)16-7-6-11(9-16)14(18)19/h1-3,8,11H,4-7,9H2,(H,18,19). The summed E-state index contributed by atoms with van der Waals surface area (Å²) in [5.41, 5.74) is 1.11. The van der Waals surface area contributed by atoms with Crippen molar-refractivity contribution in [3.63, 3.8) is 0 Å². The van der Waals surface area contributed by atoms with Gasteiger partial charge in [-0.1, -0.05) is 28.1 Å². The van der Waals surface area contributed by atoms with E-state index < -0.39 is 11.9 Å². The highest BCUT2D eigenvalue weighted by Gasteiger charge is 2.30. The molecule has 1 saturated heterocycles. The quantitative estimate of drug-likeness (QED) is 0.924. The molecular formula is C14H16BrNO3. The van der Waals surface area contributed by atoms with Crippen LogP contribution in [0.15, 0.2) is 28.7 Å². The number of carbonyl (C=O) groups is 2. The van der Waals surface area contributed by atoms with Gasteiger partial charge in [0.05, 0.1) is 5.92 Å². The molecule has 1 aromatic rings. The molecule has 5 heteroatoms. The van der Waals surface area contributed by atoms with Crippen LogP contribution in [0.25, 0.3) is 0 Å². The molecule has 2 rings (SSSR count). The molecule has 0 radical (unpaired) electrons. The minimum Gasteiger partial charge on any atom is -0.481 e. The van der Waals surface area contributed by atoms with Gasteiger partial charge in [0.25, 0.3) is 0 Å². The summed E-state index contributed by atoms with van der Waals surface area (Å²) in [7, 11) is 0. The number of carboxylic acid groups (broad SMARTS) is 1. The minimum absolute atomic E-state index is 0.0451. The third kappa shape index (κ3) is 3.80. The maximum Gasteiger partial charge on any atom is 0.308 e. The van der Waals surface area contributed by atoms with E-state index in [1.807, 2.05) is 24.3 Å². The number of likely N-dealkylation sites (tertiary alicyclic amines) is 1. The van der Waals surface area contributed by atoms with Gasteiger partial charge in [0.2, 0.25) is 5.91 Å². The van der Waals surface area contributed by atoms with Crippen molar-refractivity contribution in [1.82, 2.24) is 4.90 Å². The van der Waals surface area contributed by atoms with E-state index >= 15 is 0 Å². The first-order valence-corrected chi connectivity index (χ1v) is 7.10. The predicted octanol–water partition coefficient (Wildman–Crippen LogP) is 2.31. The molecule has 1 aliphatic heterocycles. The molecule has 4 nitrogen and oxygen atoms in total. The molecule has 0 bridgehead atoms. The maximum absolute atomic E-state index is 12.0. The monoisotopic (exact) mass is 325 g/mol. The molecule has 1 aromatic carbocycles. The highest BCUT2D eigenvalue weighted by molar-refractivity contribution is 9.10. The molecule has 0 saturated carbocycles. The van der Waals surface area contributed by atoms with E-state index in [0.29, 0.717) is 32.4 Å². The van der Waals surface area contributed by atoms with Crippen molar-refractivity contribution in [3.05, 3.63) is 34.3 Å². The zero-order valence-electron chi connectivity index (χ0n) is 10.5. The van der Waals surface area contributed by atoms with Gasteiger partial charge in [-0.25, -0.2) is 0 Å². The highest BCUT2D eigenvalue weighted by Crippen LogP contribution is 2.18. The van der Waals surface area contributed by atoms with Gasteiger partial charge in [0.1, 0.15) is 0 Å². The fraction of sp³-hybridized carbons (Fsp3) is 0.429. The summed E-state index contributed by atoms with van der Waals surface area (Å²) in [5, 5.41) is 8.91. The molecule has 0 aromatic heterocycles. The maximum atomic E-state index is 12.0. The topological polar surface area (TPSA) is 57.6 Å². The minimum atomic E-state index is -0.803. The Morgan fingerprint density at radius 3 is 2.84 bits per heavy atom. The van der Waals surface area contributed by atoms with Crippen LogP contribution < -0.4 is 0 Å². The van der Waals surface area contributed by atoms with E-state index in [2.05, 4.69) is 15.9 Å². The summed E-state index contributed by atoms with van der Waals surface area (Å²) < 4.78 is 1.00. The average Bonchev–Trinajstić information content (AvgIpc) is 2.86. The van der Waals surface area contributed by atoms with Crippen molar-refractivity contribution in [2.24, 2.45) is 5.92 Å². The second-order valence-electron chi connectivity index (χ2n) is 4.79. The third-order valence-electron chi connectivity index (χ3n) is 3.41. The zero-order chi connectivity index (χ0) is 13.8. The molecule has 1 fully saturated rings. The molecular weight excluding hydrogens is 310 g/mol. The Morgan fingerprint density at radius 1 is 1.42 bits per heavy atom. The van der Waals surface area contributed by atoms with Crippen LogP contribution in [0.5, 0.6) is 0 Å². The fourth-order valence-electron chi connectivity index (χ4n) is 2.29. The van der Waals surface area contributed by atoms with Crippen LogP contribution in [0.2, 0.25) is 0 Å². The van der Waals surface area contributed by atoms with Gasteiger partial charge in [-0.2, -0.15) is 0 Å². The number of carbonyl (C=O) groups excluding carboxylic acids is 1. The van der Waals surface area contributed by atoms with Crippen molar-refractivity contribution >= 4 is 27.8 Å². The second-order valence-corrected chi connectivity index (χ2v) is 5.71. The lowest BCUT2D eigenvalue weighted by Crippen LogP contribution is -2.30. The molecule has 1 amide bonds. The van der Waals surface area contributed by atoms with E-state index in [-0.39, 0.29) is 5.91 Å². The van der Waals surface area contributed by atoms with Crippen LogP contribution in [0.1, 0.15) is 18.4 Å². The Bertz CT molecular complexity index is 489. The highest BCUT2D eigenvalue weighted by atomic mass is 79.9. The molecule has 19 heavy (non-hydrogen) atoms. The molecule has 0 aliphatic carbocycles. The van der Waals surface area contributed by atoms with Crippen molar-refractivity contribution in [2.45, 2.75) is 19.3 Å². The first-order chi connectivity index (χ1) is 9.06. The number of aryl methyl sites for hydroxylation is 1. The molecule has 102 valence electrons. The number of aliphatic carboxylic acids is 1. The summed E-state index contributed by atoms with van der Waals surface area (Å²) in [6.07, 6.45) is 1.69. The SMILES string of the molecule is O=C(O)C1CCN(C(=O)CCc2cccc(Br)c2)C1. The number of hydrogen-bond donors (Lipinski definition) is 1. The van der Waals surface area contributed by atoms with Gasteiger partial charge >= 0.3 is 5.97 Å². The summed E-state index contributed by atoms with van der Waals surface area (Å²) in [6.45, 7) is 0.918. The molecule has 1 N–H and O–H groups in total. The van der Waals surface area contributed by atoms with E-state index in [0.717, 1.165) is 10.0 Å². The number of nitrogens with zero attached hydrogens (tertiary/aromatic N) is 1. The zero-order valence-corrected chi connectivity index (χ0v) is 12.1. The largest absolute Gasteiger partial charge is 0.481 e. The second kappa shape index (κ2) is 6.19. The van der Waals surface area contributed by atoms with E-state index in [9.17, 15) is 9.59 Å². The normalized spacial score (nSPS) is 18.6. The van der Waals surface area contributed by atoms with Crippen LogP contribution in [-0.2, 0) is 16.0 Å². The summed E-state index contributed by atoms with van der Waals surface area (Å²) in [6, 6.07) is 7.88. The molecule has 1 atom stereocenters. The molecule has 0 spiro atoms. The third-order valence-corrected chi connectivity index (χ3v) is 3.90. The van der Waals surface area contributed by atoms with Crippen LogP contribution in [-0.4, -0.2) is 35.0 Å². The lowest BCUT2D eigenvalue weighted by Gasteiger charge is -2.15. The van der Waals surface area contributed by atoms with Gasteiger partial charge in [0.15, 0.2) is 0 Å². The van der Waals surface area contributed by atoms with Crippen LogP contribution in [0.3, 0.4) is 0 Å². The lowest BCUT2D eigenvalue weighted by atomic mass is 10.1. The number of hydrogen-bond acceptors (Lipinski definition) is 2.